The molecule has 1 fully saturated rings. The van der Waals surface area contributed by atoms with Crippen LogP contribution in [0.15, 0.2) is 49.6 Å². The van der Waals surface area contributed by atoms with E-state index in [1.807, 2.05) is 32.7 Å². The van der Waals surface area contributed by atoms with Crippen molar-refractivity contribution in [3.05, 3.63) is 49.6 Å². The number of amides is 1. The van der Waals surface area contributed by atoms with Crippen LogP contribution in [0, 0.1) is 0 Å². The number of fused-ring (bicyclic) bond motifs is 1. The smallest absolute Gasteiger partial charge is 0.246 e. The number of H-pyrrole nitrogens is 1. The van der Waals surface area contributed by atoms with Gasteiger partial charge in [0.25, 0.3) is 0 Å². The standard InChI is InChI=1S/C20H22N6O/c1-4-19(27)25(3)16-11-26(12-16)15-6-17-18(10-24-20(17)23-9-15)13-5-14(21-2)8-22-7-13/h4-10,16,21H,1,11-12H2,2-3H3,(H,23,24). The van der Waals surface area contributed by atoms with Crippen molar-refractivity contribution in [3.63, 3.8) is 0 Å². The van der Waals surface area contributed by atoms with Gasteiger partial charge in [0.2, 0.25) is 5.91 Å². The first kappa shape index (κ1) is 17.1. The fourth-order valence-corrected chi connectivity index (χ4v) is 3.36. The molecule has 4 heterocycles. The van der Waals surface area contributed by atoms with Gasteiger partial charge in [-0.05, 0) is 18.2 Å². The minimum absolute atomic E-state index is 0.0435. The summed E-state index contributed by atoms with van der Waals surface area (Å²) < 4.78 is 0. The minimum atomic E-state index is -0.0435. The van der Waals surface area contributed by atoms with E-state index >= 15 is 0 Å². The molecular formula is C20H22N6O. The van der Waals surface area contributed by atoms with Gasteiger partial charge in [-0.1, -0.05) is 6.58 Å². The second-order valence-electron chi connectivity index (χ2n) is 6.72. The van der Waals surface area contributed by atoms with Crippen molar-refractivity contribution < 1.29 is 4.79 Å². The Morgan fingerprint density at radius 1 is 1.37 bits per heavy atom. The van der Waals surface area contributed by atoms with Crippen LogP contribution in [-0.2, 0) is 4.79 Å². The number of hydrogen-bond donors (Lipinski definition) is 2. The van der Waals surface area contributed by atoms with Crippen molar-refractivity contribution in [3.8, 4) is 11.1 Å². The first-order valence-electron chi connectivity index (χ1n) is 8.85. The lowest BCUT2D eigenvalue weighted by molar-refractivity contribution is -0.127. The van der Waals surface area contributed by atoms with Crippen LogP contribution in [0.1, 0.15) is 0 Å². The zero-order chi connectivity index (χ0) is 19.0. The summed E-state index contributed by atoms with van der Waals surface area (Å²) in [7, 11) is 3.70. The molecule has 0 bridgehead atoms. The number of nitrogens with zero attached hydrogens (tertiary/aromatic N) is 4. The van der Waals surface area contributed by atoms with E-state index in [4.69, 9.17) is 0 Å². The molecule has 27 heavy (non-hydrogen) atoms. The molecule has 3 aromatic heterocycles. The Morgan fingerprint density at radius 3 is 2.93 bits per heavy atom. The largest absolute Gasteiger partial charge is 0.387 e. The fourth-order valence-electron chi connectivity index (χ4n) is 3.36. The van der Waals surface area contributed by atoms with Crippen LogP contribution in [0.4, 0.5) is 11.4 Å². The number of anilines is 2. The molecule has 1 saturated heterocycles. The molecule has 1 amide bonds. The van der Waals surface area contributed by atoms with E-state index in [9.17, 15) is 4.79 Å². The molecule has 7 heteroatoms. The Hall–Kier alpha value is -3.35. The Kier molecular flexibility index (Phi) is 4.27. The number of carbonyl (C=O) groups excluding carboxylic acids is 1. The first-order chi connectivity index (χ1) is 13.1. The van der Waals surface area contributed by atoms with Crippen LogP contribution < -0.4 is 10.2 Å². The summed E-state index contributed by atoms with van der Waals surface area (Å²) in [5, 5.41) is 4.18. The molecule has 7 nitrogen and oxygen atoms in total. The van der Waals surface area contributed by atoms with Gasteiger partial charge in [-0.15, -0.1) is 0 Å². The molecular weight excluding hydrogens is 340 g/mol. The van der Waals surface area contributed by atoms with Gasteiger partial charge in [-0.2, -0.15) is 0 Å². The van der Waals surface area contributed by atoms with Gasteiger partial charge in [0.15, 0.2) is 0 Å². The van der Waals surface area contributed by atoms with Gasteiger partial charge in [0.1, 0.15) is 5.65 Å². The molecule has 0 saturated carbocycles. The summed E-state index contributed by atoms with van der Waals surface area (Å²) in [6.07, 6.45) is 8.84. The Balaban J connectivity index is 1.60. The molecule has 138 valence electrons. The maximum Gasteiger partial charge on any atom is 0.246 e. The molecule has 1 aliphatic rings. The number of likely N-dealkylation sites (N-methyl/N-ethyl adjacent to an activating group) is 1. The zero-order valence-electron chi connectivity index (χ0n) is 15.4. The topological polar surface area (TPSA) is 77.2 Å². The van der Waals surface area contributed by atoms with Gasteiger partial charge in [-0.3, -0.25) is 9.78 Å². The maximum atomic E-state index is 11.7. The first-order valence-corrected chi connectivity index (χ1v) is 8.85. The summed E-state index contributed by atoms with van der Waals surface area (Å²) >= 11 is 0. The van der Waals surface area contributed by atoms with E-state index < -0.39 is 0 Å². The van der Waals surface area contributed by atoms with E-state index in [2.05, 4.69) is 43.9 Å². The maximum absolute atomic E-state index is 11.7. The highest BCUT2D eigenvalue weighted by molar-refractivity contribution is 5.95. The van der Waals surface area contributed by atoms with Crippen LogP contribution >= 0.6 is 0 Å². The number of aromatic nitrogens is 3. The van der Waals surface area contributed by atoms with Crippen molar-refractivity contribution in [2.24, 2.45) is 0 Å². The summed E-state index contributed by atoms with van der Waals surface area (Å²) in [6, 6.07) is 4.41. The highest BCUT2D eigenvalue weighted by atomic mass is 16.2. The normalized spacial score (nSPS) is 14.1. The minimum Gasteiger partial charge on any atom is -0.387 e. The predicted octanol–water partition coefficient (Wildman–Crippen LogP) is 2.50. The molecule has 2 N–H and O–H groups in total. The van der Waals surface area contributed by atoms with Crippen molar-refractivity contribution in [1.29, 1.82) is 0 Å². The molecule has 0 aromatic carbocycles. The number of aromatic amines is 1. The SMILES string of the molecule is C=CC(=O)N(C)C1CN(c2cnc3[nH]cc(-c4cncc(NC)c4)c3c2)C1. The van der Waals surface area contributed by atoms with Gasteiger partial charge in [0, 0.05) is 62.3 Å². The molecule has 0 unspecified atom stereocenters. The van der Waals surface area contributed by atoms with E-state index in [0.717, 1.165) is 46.6 Å². The molecule has 0 spiro atoms. The van der Waals surface area contributed by atoms with Crippen molar-refractivity contribution in [1.82, 2.24) is 19.9 Å². The third kappa shape index (κ3) is 3.01. The second-order valence-corrected chi connectivity index (χ2v) is 6.72. The van der Waals surface area contributed by atoms with E-state index in [1.165, 1.54) is 6.08 Å². The lowest BCUT2D eigenvalue weighted by Crippen LogP contribution is -2.59. The van der Waals surface area contributed by atoms with Crippen LogP contribution in [0.2, 0.25) is 0 Å². The second kappa shape index (κ2) is 6.75. The lowest BCUT2D eigenvalue weighted by atomic mass is 10.0. The predicted molar refractivity (Wildman–Crippen MR) is 108 cm³/mol. The number of pyridine rings is 2. The highest BCUT2D eigenvalue weighted by Gasteiger charge is 2.32. The van der Waals surface area contributed by atoms with Crippen molar-refractivity contribution >= 4 is 28.3 Å². The highest BCUT2D eigenvalue weighted by Crippen LogP contribution is 2.32. The molecule has 1 aliphatic heterocycles. The van der Waals surface area contributed by atoms with Crippen LogP contribution in [0.25, 0.3) is 22.2 Å². The van der Waals surface area contributed by atoms with Crippen molar-refractivity contribution in [2.75, 3.05) is 37.4 Å². The van der Waals surface area contributed by atoms with E-state index in [1.54, 1.807) is 11.1 Å². The summed E-state index contributed by atoms with van der Waals surface area (Å²) in [4.78, 5) is 27.8. The molecule has 3 aromatic rings. The molecule has 0 atom stereocenters. The summed E-state index contributed by atoms with van der Waals surface area (Å²) in [5.74, 6) is -0.0435. The molecule has 4 rings (SSSR count). The summed E-state index contributed by atoms with van der Waals surface area (Å²) in [6.45, 7) is 5.13. The van der Waals surface area contributed by atoms with Gasteiger partial charge in [-0.25, -0.2) is 4.98 Å². The van der Waals surface area contributed by atoms with Crippen molar-refractivity contribution in [2.45, 2.75) is 6.04 Å². The number of carbonyl (C=O) groups is 1. The fraction of sp³-hybridized carbons (Fsp3) is 0.250. The average molecular weight is 362 g/mol. The molecule has 0 aliphatic carbocycles. The Labute approximate surface area is 157 Å². The van der Waals surface area contributed by atoms with Crippen LogP contribution in [-0.4, -0.2) is 59.0 Å². The zero-order valence-corrected chi connectivity index (χ0v) is 15.4. The summed E-state index contributed by atoms with van der Waals surface area (Å²) in [5.41, 5.74) is 4.97. The number of hydrogen-bond acceptors (Lipinski definition) is 5. The number of nitrogens with one attached hydrogen (secondary N) is 2. The van der Waals surface area contributed by atoms with E-state index in [0.29, 0.717) is 0 Å². The average Bonchev–Trinajstić information content (AvgIpc) is 3.09. The van der Waals surface area contributed by atoms with Gasteiger partial charge in [0.05, 0.1) is 23.6 Å². The van der Waals surface area contributed by atoms with Crippen LogP contribution in [0.3, 0.4) is 0 Å². The Bertz CT molecular complexity index is 1000. The third-order valence-electron chi connectivity index (χ3n) is 5.15. The van der Waals surface area contributed by atoms with E-state index in [-0.39, 0.29) is 11.9 Å². The monoisotopic (exact) mass is 362 g/mol. The Morgan fingerprint density at radius 2 is 2.19 bits per heavy atom. The third-order valence-corrected chi connectivity index (χ3v) is 5.15. The van der Waals surface area contributed by atoms with Gasteiger partial charge >= 0.3 is 0 Å². The lowest BCUT2D eigenvalue weighted by Gasteiger charge is -2.45. The molecule has 0 radical (unpaired) electrons. The number of rotatable bonds is 5. The van der Waals surface area contributed by atoms with Crippen LogP contribution in [0.5, 0.6) is 0 Å². The van der Waals surface area contributed by atoms with Gasteiger partial charge < -0.3 is 20.1 Å². The quantitative estimate of drug-likeness (QED) is 0.682.